The summed E-state index contributed by atoms with van der Waals surface area (Å²) in [5.74, 6) is -0.718. The minimum atomic E-state index is -4.34. The molecule has 0 heterocycles. The van der Waals surface area contributed by atoms with Crippen molar-refractivity contribution in [1.29, 1.82) is 0 Å². The first-order valence-electron chi connectivity index (χ1n) is 5.86. The highest BCUT2D eigenvalue weighted by molar-refractivity contribution is 5.75. The maximum Gasteiger partial charge on any atom is 0.389 e. The van der Waals surface area contributed by atoms with Gasteiger partial charge in [0.25, 0.3) is 0 Å². The lowest BCUT2D eigenvalue weighted by Gasteiger charge is -2.14. The van der Waals surface area contributed by atoms with E-state index in [4.69, 9.17) is 0 Å². The van der Waals surface area contributed by atoms with E-state index in [1.54, 1.807) is 12.1 Å². The minimum Gasteiger partial charge on any atom is -0.387 e. The normalized spacial score (nSPS) is 13.1. The van der Waals surface area contributed by atoms with Crippen LogP contribution in [-0.2, 0) is 4.79 Å². The molecule has 3 nitrogen and oxygen atoms in total. The molecule has 0 saturated heterocycles. The lowest BCUT2D eigenvalue weighted by molar-refractivity contribution is -0.144. The third-order valence-electron chi connectivity index (χ3n) is 2.68. The molecule has 0 radical (unpaired) electrons. The molecule has 1 unspecified atom stereocenters. The highest BCUT2D eigenvalue weighted by atomic mass is 19.4. The number of aliphatic hydroxyl groups excluding tert-OH is 1. The Bertz CT molecular complexity index is 432. The van der Waals surface area contributed by atoms with Crippen LogP contribution in [0.15, 0.2) is 24.3 Å². The van der Waals surface area contributed by atoms with E-state index >= 15 is 0 Å². The van der Waals surface area contributed by atoms with Gasteiger partial charge in [0.05, 0.1) is 12.5 Å². The van der Waals surface area contributed by atoms with Gasteiger partial charge in [-0.3, -0.25) is 4.79 Å². The molecule has 0 aliphatic rings. The molecule has 19 heavy (non-hydrogen) atoms. The zero-order chi connectivity index (χ0) is 14.5. The van der Waals surface area contributed by atoms with E-state index in [0.717, 1.165) is 5.56 Å². The molecule has 0 bridgehead atoms. The Hall–Kier alpha value is -1.56. The summed E-state index contributed by atoms with van der Waals surface area (Å²) in [5, 5.41) is 12.1. The lowest BCUT2D eigenvalue weighted by atomic mass is 10.0. The van der Waals surface area contributed by atoms with Crippen molar-refractivity contribution in [2.45, 2.75) is 32.0 Å². The van der Waals surface area contributed by atoms with E-state index in [9.17, 15) is 23.1 Å². The number of nitrogens with one attached hydrogen (secondary N) is 1. The van der Waals surface area contributed by atoms with Crippen molar-refractivity contribution < 1.29 is 23.1 Å². The van der Waals surface area contributed by atoms with Gasteiger partial charge >= 0.3 is 6.18 Å². The zero-order valence-corrected chi connectivity index (χ0v) is 10.5. The van der Waals surface area contributed by atoms with E-state index in [-0.39, 0.29) is 6.54 Å². The molecule has 106 valence electrons. The molecule has 0 aliphatic carbocycles. The second-order valence-electron chi connectivity index (χ2n) is 4.29. The summed E-state index contributed by atoms with van der Waals surface area (Å²) in [6.45, 7) is 1.71. The molecular weight excluding hydrogens is 259 g/mol. The summed E-state index contributed by atoms with van der Waals surface area (Å²) in [7, 11) is 0. The predicted molar refractivity (Wildman–Crippen MR) is 64.4 cm³/mol. The third-order valence-corrected chi connectivity index (χ3v) is 2.68. The number of aliphatic hydroxyl groups is 1. The molecule has 0 fully saturated rings. The molecule has 1 aromatic rings. The number of carbonyl (C=O) groups is 1. The minimum absolute atomic E-state index is 0.0957. The average molecular weight is 275 g/mol. The second kappa shape index (κ2) is 6.56. The quantitative estimate of drug-likeness (QED) is 0.867. The summed E-state index contributed by atoms with van der Waals surface area (Å²) in [6.07, 6.45) is -7.04. The molecule has 1 aromatic carbocycles. The number of alkyl halides is 3. The number of halogens is 3. The summed E-state index contributed by atoms with van der Waals surface area (Å²) < 4.78 is 35.7. The van der Waals surface area contributed by atoms with Gasteiger partial charge in [-0.2, -0.15) is 13.2 Å². The van der Waals surface area contributed by atoms with Crippen molar-refractivity contribution in [2.24, 2.45) is 0 Å². The number of rotatable bonds is 5. The van der Waals surface area contributed by atoms with Gasteiger partial charge in [0.15, 0.2) is 0 Å². The van der Waals surface area contributed by atoms with Gasteiger partial charge in [-0.15, -0.1) is 0 Å². The van der Waals surface area contributed by atoms with Gasteiger partial charge in [0, 0.05) is 13.0 Å². The Morgan fingerprint density at radius 1 is 1.37 bits per heavy atom. The first kappa shape index (κ1) is 15.5. The van der Waals surface area contributed by atoms with Crippen LogP contribution in [0.5, 0.6) is 0 Å². The van der Waals surface area contributed by atoms with Gasteiger partial charge < -0.3 is 10.4 Å². The number of benzene rings is 1. The van der Waals surface area contributed by atoms with Crippen LogP contribution >= 0.6 is 0 Å². The lowest BCUT2D eigenvalue weighted by Crippen LogP contribution is -2.29. The highest BCUT2D eigenvalue weighted by Crippen LogP contribution is 2.21. The van der Waals surface area contributed by atoms with Gasteiger partial charge in [0.2, 0.25) is 5.91 Å². The molecule has 1 amide bonds. The Kier molecular flexibility index (Phi) is 5.35. The van der Waals surface area contributed by atoms with Gasteiger partial charge in [-0.25, -0.2) is 0 Å². The van der Waals surface area contributed by atoms with Crippen molar-refractivity contribution in [3.63, 3.8) is 0 Å². The summed E-state index contributed by atoms with van der Waals surface area (Å²) in [4.78, 5) is 11.2. The maximum absolute atomic E-state index is 11.9. The van der Waals surface area contributed by atoms with Crippen LogP contribution in [0.1, 0.15) is 30.1 Å². The SMILES string of the molecule is Cc1ccccc1C(O)CNC(=O)CCC(F)(F)F. The fourth-order valence-corrected chi connectivity index (χ4v) is 1.62. The fraction of sp³-hybridized carbons (Fsp3) is 0.462. The van der Waals surface area contributed by atoms with Crippen molar-refractivity contribution in [3.8, 4) is 0 Å². The first-order chi connectivity index (χ1) is 8.79. The van der Waals surface area contributed by atoms with Crippen LogP contribution in [0.3, 0.4) is 0 Å². The first-order valence-corrected chi connectivity index (χ1v) is 5.86. The van der Waals surface area contributed by atoms with Crippen molar-refractivity contribution in [2.75, 3.05) is 6.54 Å². The molecule has 0 saturated carbocycles. The molecular formula is C13H16F3NO2. The largest absolute Gasteiger partial charge is 0.389 e. The van der Waals surface area contributed by atoms with Crippen molar-refractivity contribution in [3.05, 3.63) is 35.4 Å². The van der Waals surface area contributed by atoms with Crippen LogP contribution in [0.4, 0.5) is 13.2 Å². The van der Waals surface area contributed by atoms with Crippen LogP contribution in [0, 0.1) is 6.92 Å². The Morgan fingerprint density at radius 3 is 2.58 bits per heavy atom. The highest BCUT2D eigenvalue weighted by Gasteiger charge is 2.27. The van der Waals surface area contributed by atoms with Crippen LogP contribution in [0.2, 0.25) is 0 Å². The summed E-state index contributed by atoms with van der Waals surface area (Å²) in [5.41, 5.74) is 1.51. The second-order valence-corrected chi connectivity index (χ2v) is 4.29. The monoisotopic (exact) mass is 275 g/mol. The fourth-order valence-electron chi connectivity index (χ4n) is 1.62. The van der Waals surface area contributed by atoms with Gasteiger partial charge in [0.1, 0.15) is 0 Å². The van der Waals surface area contributed by atoms with Crippen molar-refractivity contribution in [1.82, 2.24) is 5.32 Å². The standard InChI is InChI=1S/C13H16F3NO2/c1-9-4-2-3-5-10(9)11(18)8-17-12(19)6-7-13(14,15)16/h2-5,11,18H,6-8H2,1H3,(H,17,19). The van der Waals surface area contributed by atoms with E-state index in [2.05, 4.69) is 5.32 Å². The van der Waals surface area contributed by atoms with Crippen LogP contribution in [-0.4, -0.2) is 23.7 Å². The van der Waals surface area contributed by atoms with Crippen LogP contribution < -0.4 is 5.32 Å². The number of amides is 1. The molecule has 0 aromatic heterocycles. The molecule has 1 rings (SSSR count). The van der Waals surface area contributed by atoms with E-state index in [0.29, 0.717) is 5.56 Å². The average Bonchev–Trinajstić information content (AvgIpc) is 2.33. The Balaban J connectivity index is 2.40. The van der Waals surface area contributed by atoms with E-state index < -0.39 is 31.0 Å². The number of aryl methyl sites for hydroxylation is 1. The zero-order valence-electron chi connectivity index (χ0n) is 10.5. The smallest absolute Gasteiger partial charge is 0.387 e. The number of carbonyl (C=O) groups excluding carboxylic acids is 1. The number of hydrogen-bond donors (Lipinski definition) is 2. The summed E-state index contributed by atoms with van der Waals surface area (Å²) in [6, 6.07) is 7.08. The molecule has 6 heteroatoms. The summed E-state index contributed by atoms with van der Waals surface area (Å²) >= 11 is 0. The molecule has 0 aliphatic heterocycles. The molecule has 0 spiro atoms. The number of hydrogen-bond acceptors (Lipinski definition) is 2. The van der Waals surface area contributed by atoms with Gasteiger partial charge in [-0.1, -0.05) is 24.3 Å². The van der Waals surface area contributed by atoms with Crippen molar-refractivity contribution >= 4 is 5.91 Å². The van der Waals surface area contributed by atoms with E-state index in [1.807, 2.05) is 19.1 Å². The Labute approximate surface area is 109 Å². The molecule has 1 atom stereocenters. The van der Waals surface area contributed by atoms with Gasteiger partial charge in [-0.05, 0) is 18.1 Å². The topological polar surface area (TPSA) is 49.3 Å². The maximum atomic E-state index is 11.9. The Morgan fingerprint density at radius 2 is 2.00 bits per heavy atom. The predicted octanol–water partition coefficient (Wildman–Crippen LogP) is 2.49. The van der Waals surface area contributed by atoms with E-state index in [1.165, 1.54) is 0 Å². The third kappa shape index (κ3) is 5.74. The van der Waals surface area contributed by atoms with Crippen LogP contribution in [0.25, 0.3) is 0 Å². The molecule has 2 N–H and O–H groups in total.